The molecule has 51 heavy (non-hydrogen) atoms. The minimum Gasteiger partial charge on any atom is -0.456 e. The molecule has 0 aliphatic carbocycles. The third-order valence-electron chi connectivity index (χ3n) is 10.5. The summed E-state index contributed by atoms with van der Waals surface area (Å²) in [6, 6.07) is 65.5. The van der Waals surface area contributed by atoms with Crippen molar-refractivity contribution in [1.29, 1.82) is 0 Å². The summed E-state index contributed by atoms with van der Waals surface area (Å²) >= 11 is 0. The number of rotatable bonds is 6. The Morgan fingerprint density at radius 3 is 1.31 bits per heavy atom. The average molecular weight is 651 g/mol. The summed E-state index contributed by atoms with van der Waals surface area (Å²) in [7, 11) is 0. The lowest BCUT2D eigenvalue weighted by molar-refractivity contribution is 0.669. The monoisotopic (exact) mass is 650 g/mol. The van der Waals surface area contributed by atoms with Crippen molar-refractivity contribution in [2.24, 2.45) is 0 Å². The molecule has 11 aromatic rings. The van der Waals surface area contributed by atoms with Gasteiger partial charge >= 0.3 is 0 Å². The van der Waals surface area contributed by atoms with Crippen LogP contribution >= 0.6 is 0 Å². The van der Waals surface area contributed by atoms with E-state index in [1.807, 2.05) is 0 Å². The summed E-state index contributed by atoms with van der Waals surface area (Å²) in [5.74, 6) is 0. The minimum atomic E-state index is 0.902. The van der Waals surface area contributed by atoms with E-state index < -0.39 is 0 Å². The molecule has 0 aliphatic rings. The SMILES string of the molecule is c1ccc(N(c2ccccc2)c2ccc3ccc4c(N(c5ccccc5)c5cc6ccc7cccc8oc(c5)c6c78)ccc5ccc2c3c54)cc1. The highest BCUT2D eigenvalue weighted by molar-refractivity contribution is 6.28. The third-order valence-corrected chi connectivity index (χ3v) is 10.5. The molecular weight excluding hydrogens is 621 g/mol. The maximum Gasteiger partial charge on any atom is 0.138 e. The minimum absolute atomic E-state index is 0.902. The molecule has 238 valence electrons. The quantitative estimate of drug-likeness (QED) is 0.167. The summed E-state index contributed by atoms with van der Waals surface area (Å²) in [6.07, 6.45) is 0. The fourth-order valence-corrected chi connectivity index (χ4v) is 8.31. The van der Waals surface area contributed by atoms with Gasteiger partial charge < -0.3 is 14.2 Å². The summed E-state index contributed by atoms with van der Waals surface area (Å²) in [5.41, 5.74) is 8.51. The zero-order chi connectivity index (χ0) is 33.5. The van der Waals surface area contributed by atoms with Gasteiger partial charge in [0.25, 0.3) is 0 Å². The summed E-state index contributed by atoms with van der Waals surface area (Å²) in [5, 5.41) is 12.2. The Kier molecular flexibility index (Phi) is 5.96. The molecule has 0 saturated carbocycles. The van der Waals surface area contributed by atoms with Gasteiger partial charge in [0, 0.05) is 44.7 Å². The number of hydrogen-bond acceptors (Lipinski definition) is 3. The van der Waals surface area contributed by atoms with Crippen LogP contribution in [0.4, 0.5) is 34.1 Å². The Hall–Kier alpha value is -6.84. The first-order valence-electron chi connectivity index (χ1n) is 17.4. The van der Waals surface area contributed by atoms with Gasteiger partial charge in [0.15, 0.2) is 0 Å². The van der Waals surface area contributed by atoms with Crippen LogP contribution in [0.5, 0.6) is 0 Å². The molecule has 0 amide bonds. The average Bonchev–Trinajstić information content (AvgIpc) is 3.58. The standard InChI is InChI=1S/C48H30N2O/c1-4-12-35(13-5-1)49(36-14-6-2-7-15-36)41-27-23-32-22-26-40-42(28-24-33-21-25-39(41)45(32)46(33)40)50(37-16-8-3-9-17-37)38-29-34-20-19-31-11-10-18-43-47(31)48(34)44(30-38)51-43/h1-30H. The van der Waals surface area contributed by atoms with Crippen molar-refractivity contribution in [2.45, 2.75) is 0 Å². The zero-order valence-electron chi connectivity index (χ0n) is 27.6. The van der Waals surface area contributed by atoms with Crippen molar-refractivity contribution in [3.8, 4) is 0 Å². The largest absolute Gasteiger partial charge is 0.456 e. The van der Waals surface area contributed by atoms with Crippen LogP contribution in [0.3, 0.4) is 0 Å². The fourth-order valence-electron chi connectivity index (χ4n) is 8.31. The molecule has 0 radical (unpaired) electrons. The Morgan fingerprint density at radius 1 is 0.294 bits per heavy atom. The van der Waals surface area contributed by atoms with Crippen molar-refractivity contribution >= 4 is 99.2 Å². The molecule has 10 aromatic carbocycles. The van der Waals surface area contributed by atoms with Crippen molar-refractivity contribution in [3.63, 3.8) is 0 Å². The smallest absolute Gasteiger partial charge is 0.138 e. The maximum atomic E-state index is 6.53. The van der Waals surface area contributed by atoms with E-state index >= 15 is 0 Å². The number of hydrogen-bond donors (Lipinski definition) is 0. The Bertz CT molecular complexity index is 2980. The van der Waals surface area contributed by atoms with Crippen molar-refractivity contribution in [1.82, 2.24) is 0 Å². The highest BCUT2D eigenvalue weighted by Gasteiger charge is 2.23. The Labute approximate surface area is 294 Å². The van der Waals surface area contributed by atoms with Gasteiger partial charge in [-0.05, 0) is 93.0 Å². The number of para-hydroxylation sites is 3. The molecule has 0 unspecified atom stereocenters. The van der Waals surface area contributed by atoms with Crippen LogP contribution in [-0.2, 0) is 0 Å². The first kappa shape index (κ1) is 28.0. The molecule has 0 spiro atoms. The first-order valence-corrected chi connectivity index (χ1v) is 17.4. The first-order chi connectivity index (χ1) is 25.3. The van der Waals surface area contributed by atoms with Crippen LogP contribution in [0, 0.1) is 0 Å². The second kappa shape index (κ2) is 10.8. The molecule has 0 N–H and O–H groups in total. The van der Waals surface area contributed by atoms with Crippen molar-refractivity contribution in [2.75, 3.05) is 9.80 Å². The molecule has 1 aromatic heterocycles. The summed E-state index contributed by atoms with van der Waals surface area (Å²) < 4.78 is 6.53. The molecular formula is C48H30N2O. The van der Waals surface area contributed by atoms with Crippen LogP contribution in [0.25, 0.3) is 65.0 Å². The van der Waals surface area contributed by atoms with E-state index in [-0.39, 0.29) is 0 Å². The van der Waals surface area contributed by atoms with E-state index in [0.717, 1.165) is 45.3 Å². The van der Waals surface area contributed by atoms with Gasteiger partial charge in [-0.25, -0.2) is 0 Å². The van der Waals surface area contributed by atoms with Crippen LogP contribution in [-0.4, -0.2) is 0 Å². The maximum absolute atomic E-state index is 6.53. The highest BCUT2D eigenvalue weighted by Crippen LogP contribution is 2.48. The van der Waals surface area contributed by atoms with Crippen molar-refractivity contribution < 1.29 is 4.42 Å². The van der Waals surface area contributed by atoms with Crippen LogP contribution in [0.1, 0.15) is 0 Å². The molecule has 0 saturated heterocycles. The molecule has 0 fully saturated rings. The van der Waals surface area contributed by atoms with Crippen LogP contribution in [0.2, 0.25) is 0 Å². The van der Waals surface area contributed by atoms with Gasteiger partial charge in [-0.15, -0.1) is 0 Å². The van der Waals surface area contributed by atoms with Gasteiger partial charge in [0.2, 0.25) is 0 Å². The van der Waals surface area contributed by atoms with Gasteiger partial charge in [-0.1, -0.05) is 115 Å². The predicted octanol–water partition coefficient (Wildman–Crippen LogP) is 14.0. The van der Waals surface area contributed by atoms with Gasteiger partial charge in [-0.2, -0.15) is 0 Å². The predicted molar refractivity (Wildman–Crippen MR) is 215 cm³/mol. The molecule has 11 rings (SSSR count). The van der Waals surface area contributed by atoms with Crippen LogP contribution in [0.15, 0.2) is 186 Å². The molecule has 0 atom stereocenters. The molecule has 3 nitrogen and oxygen atoms in total. The molecule has 0 bridgehead atoms. The normalized spacial score (nSPS) is 11.9. The number of benzene rings is 10. The van der Waals surface area contributed by atoms with E-state index in [1.54, 1.807) is 0 Å². The van der Waals surface area contributed by atoms with E-state index in [0.29, 0.717) is 0 Å². The van der Waals surface area contributed by atoms with Gasteiger partial charge in [0.1, 0.15) is 11.2 Å². The Balaban J connectivity index is 1.18. The van der Waals surface area contributed by atoms with Gasteiger partial charge in [-0.3, -0.25) is 0 Å². The Morgan fingerprint density at radius 2 is 0.745 bits per heavy atom. The number of furan rings is 1. The zero-order valence-corrected chi connectivity index (χ0v) is 27.6. The number of nitrogens with zero attached hydrogens (tertiary/aromatic N) is 2. The summed E-state index contributed by atoms with van der Waals surface area (Å²) in [6.45, 7) is 0. The number of anilines is 6. The highest BCUT2D eigenvalue weighted by atomic mass is 16.3. The molecule has 0 aliphatic heterocycles. The van der Waals surface area contributed by atoms with Crippen molar-refractivity contribution in [3.05, 3.63) is 182 Å². The second-order valence-electron chi connectivity index (χ2n) is 13.3. The van der Waals surface area contributed by atoms with E-state index in [4.69, 9.17) is 4.42 Å². The van der Waals surface area contributed by atoms with E-state index in [2.05, 4.69) is 192 Å². The lowest BCUT2D eigenvalue weighted by Crippen LogP contribution is -2.11. The van der Waals surface area contributed by atoms with Crippen LogP contribution < -0.4 is 9.80 Å². The third kappa shape index (κ3) is 4.19. The lowest BCUT2D eigenvalue weighted by atomic mass is 9.91. The van der Waals surface area contributed by atoms with E-state index in [1.165, 1.54) is 53.9 Å². The molecule has 1 heterocycles. The van der Waals surface area contributed by atoms with E-state index in [9.17, 15) is 0 Å². The molecule has 3 heteroatoms. The fraction of sp³-hybridized carbons (Fsp3) is 0. The second-order valence-corrected chi connectivity index (χ2v) is 13.3. The topological polar surface area (TPSA) is 19.6 Å². The lowest BCUT2D eigenvalue weighted by Gasteiger charge is -2.29. The summed E-state index contributed by atoms with van der Waals surface area (Å²) in [4.78, 5) is 4.76. The van der Waals surface area contributed by atoms with Gasteiger partial charge in [0.05, 0.1) is 17.1 Å².